The Bertz CT molecular complexity index is 615. The third-order valence-corrected chi connectivity index (χ3v) is 5.90. The fraction of sp³-hybridized carbons (Fsp3) is 0.588. The number of rotatable bonds is 4. The molecule has 6 nitrogen and oxygen atoms in total. The lowest BCUT2D eigenvalue weighted by molar-refractivity contribution is -0.135. The average molecular weight is 456 g/mol. The lowest BCUT2D eigenvalue weighted by Crippen LogP contribution is -2.47. The second-order valence-corrected chi connectivity index (χ2v) is 8.05. The maximum atomic E-state index is 12.5. The molecule has 1 aromatic rings. The van der Waals surface area contributed by atoms with Crippen LogP contribution in [0, 0.1) is 5.92 Å². The molecule has 2 aliphatic heterocycles. The molecule has 0 saturated carbocycles. The molecule has 3 rings (SSSR count). The Morgan fingerprint density at radius 3 is 2.85 bits per heavy atom. The fourth-order valence-corrected chi connectivity index (χ4v) is 4.25. The predicted molar refractivity (Wildman–Crippen MR) is 115 cm³/mol. The van der Waals surface area contributed by atoms with Crippen molar-refractivity contribution in [3.8, 4) is 0 Å². The molecule has 3 heterocycles. The van der Waals surface area contributed by atoms with Crippen LogP contribution >= 0.6 is 48.2 Å². The molecule has 0 aromatic carbocycles. The van der Waals surface area contributed by atoms with Gasteiger partial charge in [0.1, 0.15) is 5.82 Å². The highest BCUT2D eigenvalue weighted by Crippen LogP contribution is 2.20. The molecule has 2 fully saturated rings. The van der Waals surface area contributed by atoms with E-state index in [0.29, 0.717) is 23.8 Å². The van der Waals surface area contributed by atoms with Gasteiger partial charge in [-0.15, -0.1) is 24.8 Å². The Labute approximate surface area is 181 Å². The second-order valence-electron chi connectivity index (χ2n) is 6.46. The standard InChI is InChI=1S/C17H23ClN4O2S.2ClH/c18-13-3-4-15(20-9-13)21-17(24)12-2-1-6-22(10-12)16(23)8-14-11-25-7-5-19-14;;/h3-4,9,12,14,19H,1-2,5-8,10-11H2,(H,20,21,24);2*1H. The molecule has 0 bridgehead atoms. The molecule has 0 radical (unpaired) electrons. The summed E-state index contributed by atoms with van der Waals surface area (Å²) in [5, 5.41) is 6.74. The van der Waals surface area contributed by atoms with E-state index in [1.165, 1.54) is 6.20 Å². The molecule has 2 N–H and O–H groups in total. The molecule has 10 heteroatoms. The molecule has 2 unspecified atom stereocenters. The highest BCUT2D eigenvalue weighted by atomic mass is 35.5. The van der Waals surface area contributed by atoms with Crippen molar-refractivity contribution in [2.75, 3.05) is 36.5 Å². The molecular weight excluding hydrogens is 431 g/mol. The normalized spacial score (nSPS) is 22.2. The van der Waals surface area contributed by atoms with Crippen LogP contribution in [-0.2, 0) is 9.59 Å². The predicted octanol–water partition coefficient (Wildman–Crippen LogP) is 2.85. The van der Waals surface area contributed by atoms with E-state index in [4.69, 9.17) is 11.6 Å². The highest BCUT2D eigenvalue weighted by molar-refractivity contribution is 7.99. The number of piperidine rings is 1. The van der Waals surface area contributed by atoms with Crippen LogP contribution in [0.1, 0.15) is 19.3 Å². The molecule has 2 amide bonds. The second kappa shape index (κ2) is 12.0. The van der Waals surface area contributed by atoms with Crippen molar-refractivity contribution in [1.29, 1.82) is 0 Å². The molecule has 2 aliphatic rings. The number of halogens is 3. The highest BCUT2D eigenvalue weighted by Gasteiger charge is 2.29. The van der Waals surface area contributed by atoms with Crippen LogP contribution in [-0.4, -0.2) is 58.9 Å². The topological polar surface area (TPSA) is 74.3 Å². The van der Waals surface area contributed by atoms with Crippen LogP contribution in [0.4, 0.5) is 5.82 Å². The first-order chi connectivity index (χ1) is 12.1. The lowest BCUT2D eigenvalue weighted by Gasteiger charge is -2.33. The number of amides is 2. The number of hydrogen-bond acceptors (Lipinski definition) is 5. The van der Waals surface area contributed by atoms with Gasteiger partial charge in [0.05, 0.1) is 10.9 Å². The molecule has 0 aliphatic carbocycles. The van der Waals surface area contributed by atoms with Gasteiger partial charge in [-0.3, -0.25) is 9.59 Å². The summed E-state index contributed by atoms with van der Waals surface area (Å²) in [6, 6.07) is 3.62. The van der Waals surface area contributed by atoms with Gasteiger partial charge in [-0.05, 0) is 25.0 Å². The Kier molecular flexibility index (Phi) is 10.8. The number of pyridine rings is 1. The van der Waals surface area contributed by atoms with E-state index in [1.54, 1.807) is 12.1 Å². The molecule has 0 spiro atoms. The van der Waals surface area contributed by atoms with E-state index in [0.717, 1.165) is 37.4 Å². The van der Waals surface area contributed by atoms with Crippen LogP contribution in [0.25, 0.3) is 0 Å². The summed E-state index contributed by atoms with van der Waals surface area (Å²) in [4.78, 5) is 30.9. The minimum Gasteiger partial charge on any atom is -0.342 e. The van der Waals surface area contributed by atoms with Gasteiger partial charge in [0.25, 0.3) is 0 Å². The van der Waals surface area contributed by atoms with Crippen molar-refractivity contribution in [2.24, 2.45) is 5.92 Å². The smallest absolute Gasteiger partial charge is 0.230 e. The fourth-order valence-electron chi connectivity index (χ4n) is 3.19. The van der Waals surface area contributed by atoms with Crippen molar-refractivity contribution >= 4 is 65.8 Å². The van der Waals surface area contributed by atoms with E-state index in [9.17, 15) is 9.59 Å². The van der Waals surface area contributed by atoms with Crippen molar-refractivity contribution in [3.63, 3.8) is 0 Å². The van der Waals surface area contributed by atoms with Gasteiger partial charge in [-0.25, -0.2) is 4.98 Å². The average Bonchev–Trinajstić information content (AvgIpc) is 2.64. The number of aromatic nitrogens is 1. The maximum Gasteiger partial charge on any atom is 0.230 e. The number of hydrogen-bond donors (Lipinski definition) is 2. The van der Waals surface area contributed by atoms with Crippen LogP contribution in [0.2, 0.25) is 5.02 Å². The summed E-state index contributed by atoms with van der Waals surface area (Å²) in [5.41, 5.74) is 0. The molecule has 152 valence electrons. The minimum absolute atomic E-state index is 0. The van der Waals surface area contributed by atoms with Gasteiger partial charge in [0.15, 0.2) is 0 Å². The molecule has 2 atom stereocenters. The van der Waals surface area contributed by atoms with Crippen LogP contribution in [0.5, 0.6) is 0 Å². The summed E-state index contributed by atoms with van der Waals surface area (Å²) in [6.45, 7) is 2.18. The number of carbonyl (C=O) groups is 2. The summed E-state index contributed by atoms with van der Waals surface area (Å²) in [7, 11) is 0. The largest absolute Gasteiger partial charge is 0.342 e. The van der Waals surface area contributed by atoms with E-state index < -0.39 is 0 Å². The van der Waals surface area contributed by atoms with Crippen LogP contribution < -0.4 is 10.6 Å². The number of nitrogens with zero attached hydrogens (tertiary/aromatic N) is 2. The van der Waals surface area contributed by atoms with Crippen molar-refractivity contribution in [1.82, 2.24) is 15.2 Å². The number of thioether (sulfide) groups is 1. The number of likely N-dealkylation sites (tertiary alicyclic amines) is 1. The Morgan fingerprint density at radius 2 is 2.19 bits per heavy atom. The minimum atomic E-state index is -0.191. The quantitative estimate of drug-likeness (QED) is 0.730. The third-order valence-electron chi connectivity index (χ3n) is 4.54. The number of anilines is 1. The van der Waals surface area contributed by atoms with Crippen molar-refractivity contribution in [2.45, 2.75) is 25.3 Å². The lowest BCUT2D eigenvalue weighted by atomic mass is 9.96. The van der Waals surface area contributed by atoms with Crippen molar-refractivity contribution in [3.05, 3.63) is 23.4 Å². The van der Waals surface area contributed by atoms with Gasteiger partial charge in [-0.1, -0.05) is 11.6 Å². The zero-order valence-electron chi connectivity index (χ0n) is 14.9. The monoisotopic (exact) mass is 454 g/mol. The van der Waals surface area contributed by atoms with Gasteiger partial charge < -0.3 is 15.5 Å². The maximum absolute atomic E-state index is 12.5. The summed E-state index contributed by atoms with van der Waals surface area (Å²) >= 11 is 7.69. The van der Waals surface area contributed by atoms with Gasteiger partial charge in [0.2, 0.25) is 11.8 Å². The summed E-state index contributed by atoms with van der Waals surface area (Å²) in [6.07, 6.45) is 3.66. The van der Waals surface area contributed by atoms with Crippen LogP contribution in [0.3, 0.4) is 0 Å². The third kappa shape index (κ3) is 7.31. The summed E-state index contributed by atoms with van der Waals surface area (Å²) < 4.78 is 0. The zero-order valence-corrected chi connectivity index (χ0v) is 18.1. The number of nitrogens with one attached hydrogen (secondary N) is 2. The SMILES string of the molecule is Cl.Cl.O=C(Nc1ccc(Cl)cn1)C1CCCN(C(=O)CC2CSCCN2)C1. The molecule has 27 heavy (non-hydrogen) atoms. The first-order valence-corrected chi connectivity index (χ1v) is 10.2. The molecule has 1 aromatic heterocycles. The van der Waals surface area contributed by atoms with Gasteiger partial charge in [0, 0.05) is 49.8 Å². The Hall–Kier alpha value is -0.730. The number of carbonyl (C=O) groups excluding carboxylic acids is 2. The van der Waals surface area contributed by atoms with E-state index >= 15 is 0 Å². The van der Waals surface area contributed by atoms with Gasteiger partial charge in [-0.2, -0.15) is 11.8 Å². The Balaban J connectivity index is 0.00000182. The van der Waals surface area contributed by atoms with Gasteiger partial charge >= 0.3 is 0 Å². The summed E-state index contributed by atoms with van der Waals surface area (Å²) in [5.74, 6) is 2.44. The van der Waals surface area contributed by atoms with E-state index in [2.05, 4.69) is 15.6 Å². The van der Waals surface area contributed by atoms with Crippen LogP contribution in [0.15, 0.2) is 18.3 Å². The first kappa shape index (κ1) is 24.3. The molecular formula is C17H25Cl3N4O2S. The molecule has 2 saturated heterocycles. The zero-order chi connectivity index (χ0) is 17.6. The van der Waals surface area contributed by atoms with Crippen molar-refractivity contribution < 1.29 is 9.59 Å². The first-order valence-electron chi connectivity index (χ1n) is 8.63. The van der Waals surface area contributed by atoms with E-state index in [1.807, 2.05) is 16.7 Å². The van der Waals surface area contributed by atoms with E-state index in [-0.39, 0.29) is 48.6 Å². The Morgan fingerprint density at radius 1 is 1.37 bits per heavy atom.